The Hall–Kier alpha value is -3.03. The second-order valence-corrected chi connectivity index (χ2v) is 6.95. The number of methoxy groups -OCH3 is 1. The summed E-state index contributed by atoms with van der Waals surface area (Å²) in [6.07, 6.45) is 2.57. The van der Waals surface area contributed by atoms with Gasteiger partial charge in [-0.05, 0) is 18.1 Å². The minimum atomic E-state index is -0.651. The second-order valence-electron chi connectivity index (χ2n) is 6.95. The minimum Gasteiger partial charge on any atom is -0.453 e. The maximum absolute atomic E-state index is 13.2. The van der Waals surface area contributed by atoms with Gasteiger partial charge in [-0.3, -0.25) is 9.59 Å². The van der Waals surface area contributed by atoms with E-state index in [0.29, 0.717) is 39.0 Å². The van der Waals surface area contributed by atoms with E-state index in [1.54, 1.807) is 9.80 Å². The lowest BCUT2D eigenvalue weighted by molar-refractivity contribution is -0.136. The molecule has 1 saturated heterocycles. The Balaban J connectivity index is 1.74. The van der Waals surface area contributed by atoms with Gasteiger partial charge in [-0.1, -0.05) is 18.2 Å². The summed E-state index contributed by atoms with van der Waals surface area (Å²) in [7, 11) is 1.35. The van der Waals surface area contributed by atoms with Crippen molar-refractivity contribution in [1.29, 1.82) is 0 Å². The summed E-state index contributed by atoms with van der Waals surface area (Å²) < 4.78 is 4.78. The van der Waals surface area contributed by atoms with Crippen LogP contribution in [0.4, 0.5) is 4.79 Å². The number of fused-ring (bicyclic) bond motifs is 1. The van der Waals surface area contributed by atoms with Gasteiger partial charge in [-0.25, -0.2) is 4.79 Å². The molecular formula is C20H26N4O4. The predicted octanol–water partition coefficient (Wildman–Crippen LogP) is 1.52. The van der Waals surface area contributed by atoms with E-state index in [1.807, 2.05) is 30.5 Å². The number of carbonyl (C=O) groups is 3. The highest BCUT2D eigenvalue weighted by molar-refractivity contribution is 5.89. The molecule has 3 amide bonds. The molecule has 0 saturated carbocycles. The van der Waals surface area contributed by atoms with Crippen LogP contribution in [-0.2, 0) is 20.7 Å². The molecule has 28 heavy (non-hydrogen) atoms. The van der Waals surface area contributed by atoms with E-state index in [9.17, 15) is 14.4 Å². The van der Waals surface area contributed by atoms with Crippen LogP contribution in [-0.4, -0.2) is 72.0 Å². The highest BCUT2D eigenvalue weighted by Gasteiger charge is 2.29. The number of carbonyl (C=O) groups excluding carboxylic acids is 3. The molecule has 8 nitrogen and oxygen atoms in total. The van der Waals surface area contributed by atoms with E-state index in [4.69, 9.17) is 4.74 Å². The zero-order chi connectivity index (χ0) is 20.1. The van der Waals surface area contributed by atoms with Crippen molar-refractivity contribution >= 4 is 28.8 Å². The van der Waals surface area contributed by atoms with Crippen molar-refractivity contribution in [2.24, 2.45) is 0 Å². The number of hydrogen-bond acceptors (Lipinski definition) is 4. The molecule has 1 aliphatic rings. The molecule has 0 bridgehead atoms. The van der Waals surface area contributed by atoms with Crippen LogP contribution in [0.3, 0.4) is 0 Å². The summed E-state index contributed by atoms with van der Waals surface area (Å²) in [5.41, 5.74) is 1.98. The summed E-state index contributed by atoms with van der Waals surface area (Å²) in [4.78, 5) is 43.2. The molecule has 8 heteroatoms. The van der Waals surface area contributed by atoms with Crippen LogP contribution in [0.2, 0.25) is 0 Å². The predicted molar refractivity (Wildman–Crippen MR) is 105 cm³/mol. The Morgan fingerprint density at radius 3 is 2.61 bits per heavy atom. The van der Waals surface area contributed by atoms with E-state index in [1.165, 1.54) is 14.0 Å². The summed E-state index contributed by atoms with van der Waals surface area (Å²) in [6, 6.07) is 7.22. The van der Waals surface area contributed by atoms with Gasteiger partial charge in [0.25, 0.3) is 0 Å². The first-order chi connectivity index (χ1) is 13.5. The van der Waals surface area contributed by atoms with E-state index >= 15 is 0 Å². The van der Waals surface area contributed by atoms with Gasteiger partial charge in [0.2, 0.25) is 11.8 Å². The van der Waals surface area contributed by atoms with Crippen molar-refractivity contribution < 1.29 is 19.1 Å². The standard InChI is InChI=1S/C20H26N4O4/c1-14(25)22-18(12-15-13-21-17-7-4-3-6-16(15)17)19(26)23-8-5-9-24(11-10-23)20(27)28-2/h3-4,6-7,13,18,21H,5,8-12H2,1-2H3,(H,22,25). The molecule has 2 N–H and O–H groups in total. The number of para-hydroxylation sites is 1. The Morgan fingerprint density at radius 2 is 1.86 bits per heavy atom. The average Bonchev–Trinajstić information content (AvgIpc) is 2.93. The maximum Gasteiger partial charge on any atom is 0.409 e. The van der Waals surface area contributed by atoms with Gasteiger partial charge in [0.05, 0.1) is 7.11 Å². The fourth-order valence-corrected chi connectivity index (χ4v) is 3.64. The van der Waals surface area contributed by atoms with Crippen LogP contribution in [0, 0.1) is 0 Å². The molecule has 0 spiro atoms. The SMILES string of the molecule is COC(=O)N1CCCN(C(=O)C(Cc2c[nH]c3ccccc23)NC(C)=O)CC1. The fourth-order valence-electron chi connectivity index (χ4n) is 3.64. The molecular weight excluding hydrogens is 360 g/mol. The van der Waals surface area contributed by atoms with Crippen LogP contribution in [0.1, 0.15) is 18.9 Å². The van der Waals surface area contributed by atoms with Gasteiger partial charge in [-0.15, -0.1) is 0 Å². The van der Waals surface area contributed by atoms with Crippen LogP contribution < -0.4 is 5.32 Å². The van der Waals surface area contributed by atoms with E-state index in [-0.39, 0.29) is 17.9 Å². The Kier molecular flexibility index (Phi) is 6.18. The highest BCUT2D eigenvalue weighted by atomic mass is 16.5. The van der Waals surface area contributed by atoms with E-state index < -0.39 is 6.04 Å². The van der Waals surface area contributed by atoms with Gasteiger partial charge in [0.15, 0.2) is 0 Å². The number of aromatic amines is 1. The Morgan fingerprint density at radius 1 is 1.14 bits per heavy atom. The first-order valence-electron chi connectivity index (χ1n) is 9.43. The third-order valence-corrected chi connectivity index (χ3v) is 5.01. The molecule has 1 aliphatic heterocycles. The minimum absolute atomic E-state index is 0.132. The number of nitrogens with zero attached hydrogens (tertiary/aromatic N) is 2. The number of nitrogens with one attached hydrogen (secondary N) is 2. The van der Waals surface area contributed by atoms with Gasteiger partial charge >= 0.3 is 6.09 Å². The lowest BCUT2D eigenvalue weighted by Gasteiger charge is -2.26. The molecule has 1 aromatic heterocycles. The number of aromatic nitrogens is 1. The fraction of sp³-hybridized carbons (Fsp3) is 0.450. The van der Waals surface area contributed by atoms with Gasteiger partial charge in [0.1, 0.15) is 6.04 Å². The van der Waals surface area contributed by atoms with Crippen LogP contribution in [0.25, 0.3) is 10.9 Å². The number of benzene rings is 1. The van der Waals surface area contributed by atoms with Crippen molar-refractivity contribution in [3.8, 4) is 0 Å². The van der Waals surface area contributed by atoms with Crippen LogP contribution in [0.5, 0.6) is 0 Å². The Labute approximate surface area is 163 Å². The number of rotatable bonds is 4. The number of hydrogen-bond donors (Lipinski definition) is 2. The Bertz CT molecular complexity index is 863. The topological polar surface area (TPSA) is 94.7 Å². The van der Waals surface area contributed by atoms with Gasteiger partial charge in [0, 0.05) is 56.6 Å². The summed E-state index contributed by atoms with van der Waals surface area (Å²) in [5, 5.41) is 3.84. The molecule has 1 aromatic carbocycles. The highest BCUT2D eigenvalue weighted by Crippen LogP contribution is 2.20. The first-order valence-corrected chi connectivity index (χ1v) is 9.43. The van der Waals surface area contributed by atoms with Gasteiger partial charge in [-0.2, -0.15) is 0 Å². The zero-order valence-corrected chi connectivity index (χ0v) is 16.2. The quantitative estimate of drug-likeness (QED) is 0.833. The summed E-state index contributed by atoms with van der Waals surface area (Å²) in [6.45, 7) is 3.33. The number of H-pyrrole nitrogens is 1. The lowest BCUT2D eigenvalue weighted by Crippen LogP contribution is -2.50. The molecule has 1 fully saturated rings. The van der Waals surface area contributed by atoms with E-state index in [0.717, 1.165) is 16.5 Å². The molecule has 2 aromatic rings. The van der Waals surface area contributed by atoms with Crippen molar-refractivity contribution in [2.45, 2.75) is 25.8 Å². The zero-order valence-electron chi connectivity index (χ0n) is 16.2. The third kappa shape index (κ3) is 4.44. The maximum atomic E-state index is 13.2. The number of ether oxygens (including phenoxy) is 1. The average molecular weight is 386 g/mol. The normalized spacial score (nSPS) is 15.8. The largest absolute Gasteiger partial charge is 0.453 e. The molecule has 150 valence electrons. The third-order valence-electron chi connectivity index (χ3n) is 5.01. The van der Waals surface area contributed by atoms with Crippen molar-refractivity contribution in [2.75, 3.05) is 33.3 Å². The van der Waals surface area contributed by atoms with Crippen LogP contribution in [0.15, 0.2) is 30.5 Å². The summed E-state index contributed by atoms with van der Waals surface area (Å²) >= 11 is 0. The van der Waals surface area contributed by atoms with Gasteiger partial charge < -0.3 is 24.8 Å². The van der Waals surface area contributed by atoms with E-state index in [2.05, 4.69) is 10.3 Å². The molecule has 1 unspecified atom stereocenters. The number of amides is 3. The van der Waals surface area contributed by atoms with Crippen molar-refractivity contribution in [3.05, 3.63) is 36.0 Å². The molecule has 3 rings (SSSR count). The molecule has 0 radical (unpaired) electrons. The first kappa shape index (κ1) is 19.7. The second kappa shape index (κ2) is 8.77. The van der Waals surface area contributed by atoms with Crippen molar-refractivity contribution in [1.82, 2.24) is 20.1 Å². The van der Waals surface area contributed by atoms with Crippen LogP contribution >= 0.6 is 0 Å². The smallest absolute Gasteiger partial charge is 0.409 e. The molecule has 2 heterocycles. The molecule has 0 aliphatic carbocycles. The van der Waals surface area contributed by atoms with Crippen molar-refractivity contribution in [3.63, 3.8) is 0 Å². The lowest BCUT2D eigenvalue weighted by atomic mass is 10.0. The molecule has 1 atom stereocenters. The monoisotopic (exact) mass is 386 g/mol. The summed E-state index contributed by atoms with van der Waals surface area (Å²) in [5.74, 6) is -0.378.